The minimum absolute atomic E-state index is 0.230. The van der Waals surface area contributed by atoms with E-state index in [2.05, 4.69) is 22.3 Å². The highest BCUT2D eigenvalue weighted by molar-refractivity contribution is 6.31. The second-order valence-electron chi connectivity index (χ2n) is 5.58. The first kappa shape index (κ1) is 13.6. The first-order valence-corrected chi connectivity index (χ1v) is 7.34. The quantitative estimate of drug-likeness (QED) is 0.890. The average Bonchev–Trinajstić information content (AvgIpc) is 3.17. The van der Waals surface area contributed by atoms with Crippen molar-refractivity contribution in [2.24, 2.45) is 11.8 Å². The van der Waals surface area contributed by atoms with Crippen molar-refractivity contribution in [1.82, 2.24) is 15.4 Å². The summed E-state index contributed by atoms with van der Waals surface area (Å²) in [5.74, 6) is 0.605. The highest BCUT2D eigenvalue weighted by atomic mass is 35.5. The summed E-state index contributed by atoms with van der Waals surface area (Å²) in [5, 5.41) is 22.1. The van der Waals surface area contributed by atoms with E-state index < -0.39 is 6.10 Å². The van der Waals surface area contributed by atoms with Crippen LogP contribution in [-0.4, -0.2) is 26.6 Å². The number of aliphatic hydroxyl groups excluding tert-OH is 1. The van der Waals surface area contributed by atoms with Crippen LogP contribution in [0.25, 0.3) is 0 Å². The van der Waals surface area contributed by atoms with Crippen molar-refractivity contribution in [3.8, 4) is 0 Å². The maximum absolute atomic E-state index is 10.8. The van der Waals surface area contributed by atoms with Crippen molar-refractivity contribution in [2.45, 2.75) is 31.8 Å². The lowest BCUT2D eigenvalue weighted by Gasteiger charge is -2.27. The summed E-state index contributed by atoms with van der Waals surface area (Å²) in [6, 6.07) is 7.62. The SMILES string of the molecule is CC(C1CC1)C(O)C(c1cn[nH]n1)c1ccccc1Cl. The molecule has 1 aromatic carbocycles. The molecule has 5 heteroatoms. The summed E-state index contributed by atoms with van der Waals surface area (Å²) in [6.45, 7) is 2.10. The van der Waals surface area contributed by atoms with Crippen LogP contribution in [-0.2, 0) is 0 Å². The van der Waals surface area contributed by atoms with Crippen molar-refractivity contribution >= 4 is 11.6 Å². The fourth-order valence-electron chi connectivity index (χ4n) is 2.81. The molecule has 0 spiro atoms. The highest BCUT2D eigenvalue weighted by Crippen LogP contribution is 2.43. The van der Waals surface area contributed by atoms with Crippen LogP contribution in [0, 0.1) is 11.8 Å². The van der Waals surface area contributed by atoms with E-state index in [4.69, 9.17) is 11.6 Å². The van der Waals surface area contributed by atoms with Gasteiger partial charge in [0.25, 0.3) is 0 Å². The number of hydrogen-bond acceptors (Lipinski definition) is 3. The average molecular weight is 292 g/mol. The lowest BCUT2D eigenvalue weighted by molar-refractivity contribution is 0.0881. The zero-order valence-corrected chi connectivity index (χ0v) is 12.1. The molecule has 1 fully saturated rings. The van der Waals surface area contributed by atoms with Gasteiger partial charge in [-0.05, 0) is 36.3 Å². The third-order valence-electron chi connectivity index (χ3n) is 4.24. The van der Waals surface area contributed by atoms with Crippen molar-refractivity contribution < 1.29 is 5.11 Å². The Balaban J connectivity index is 1.98. The second-order valence-corrected chi connectivity index (χ2v) is 5.99. The Morgan fingerprint density at radius 2 is 2.10 bits per heavy atom. The third-order valence-corrected chi connectivity index (χ3v) is 4.58. The molecule has 20 heavy (non-hydrogen) atoms. The van der Waals surface area contributed by atoms with E-state index in [9.17, 15) is 5.11 Å². The standard InChI is InChI=1S/C15H18ClN3O/c1-9(10-6-7-10)15(20)14(13-8-17-19-18-13)11-4-2-3-5-12(11)16/h2-5,8-10,14-15,20H,6-7H2,1H3,(H,17,18,19). The Bertz CT molecular complexity index is 568. The van der Waals surface area contributed by atoms with E-state index >= 15 is 0 Å². The van der Waals surface area contributed by atoms with E-state index in [1.807, 2.05) is 24.3 Å². The van der Waals surface area contributed by atoms with Crippen molar-refractivity contribution in [1.29, 1.82) is 0 Å². The van der Waals surface area contributed by atoms with Gasteiger partial charge in [0.05, 0.1) is 23.9 Å². The lowest BCUT2D eigenvalue weighted by atomic mass is 9.82. The van der Waals surface area contributed by atoms with Crippen LogP contribution < -0.4 is 0 Å². The normalized spacial score (nSPS) is 19.6. The van der Waals surface area contributed by atoms with Crippen molar-refractivity contribution in [3.63, 3.8) is 0 Å². The number of aliphatic hydroxyl groups is 1. The first-order chi connectivity index (χ1) is 9.68. The van der Waals surface area contributed by atoms with Crippen LogP contribution in [0.15, 0.2) is 30.5 Å². The fraction of sp³-hybridized carbons (Fsp3) is 0.467. The maximum Gasteiger partial charge on any atom is 0.0925 e. The Hall–Kier alpha value is -1.39. The summed E-state index contributed by atoms with van der Waals surface area (Å²) < 4.78 is 0. The van der Waals surface area contributed by atoms with Gasteiger partial charge in [0, 0.05) is 5.02 Å². The molecule has 2 aromatic rings. The Morgan fingerprint density at radius 3 is 2.70 bits per heavy atom. The van der Waals surface area contributed by atoms with Gasteiger partial charge in [0.1, 0.15) is 0 Å². The first-order valence-electron chi connectivity index (χ1n) is 6.96. The predicted octanol–water partition coefficient (Wildman–Crippen LogP) is 3.00. The molecule has 4 nitrogen and oxygen atoms in total. The fourth-order valence-corrected chi connectivity index (χ4v) is 3.06. The zero-order valence-electron chi connectivity index (χ0n) is 11.3. The van der Waals surface area contributed by atoms with Crippen LogP contribution in [0.3, 0.4) is 0 Å². The lowest BCUT2D eigenvalue weighted by Crippen LogP contribution is -2.28. The molecule has 0 amide bonds. The minimum Gasteiger partial charge on any atom is -0.392 e. The molecule has 0 bridgehead atoms. The van der Waals surface area contributed by atoms with Crippen LogP contribution >= 0.6 is 11.6 Å². The Morgan fingerprint density at radius 1 is 1.35 bits per heavy atom. The predicted molar refractivity (Wildman–Crippen MR) is 77.6 cm³/mol. The third kappa shape index (κ3) is 2.58. The van der Waals surface area contributed by atoms with Gasteiger partial charge in [-0.15, -0.1) is 0 Å². The molecular formula is C15H18ClN3O. The number of aromatic amines is 1. The monoisotopic (exact) mass is 291 g/mol. The van der Waals surface area contributed by atoms with Crippen molar-refractivity contribution in [3.05, 3.63) is 46.7 Å². The van der Waals surface area contributed by atoms with Gasteiger partial charge in [-0.2, -0.15) is 15.4 Å². The molecule has 1 aliphatic rings. The number of aromatic nitrogens is 3. The molecule has 3 atom stereocenters. The number of rotatable bonds is 5. The van der Waals surface area contributed by atoms with E-state index in [-0.39, 0.29) is 11.8 Å². The Labute approximate surface area is 123 Å². The second kappa shape index (κ2) is 5.54. The van der Waals surface area contributed by atoms with Crippen LogP contribution in [0.2, 0.25) is 5.02 Å². The molecule has 1 aliphatic carbocycles. The van der Waals surface area contributed by atoms with E-state index in [1.165, 1.54) is 12.8 Å². The molecule has 3 unspecified atom stereocenters. The van der Waals surface area contributed by atoms with Gasteiger partial charge in [-0.25, -0.2) is 0 Å². The van der Waals surface area contributed by atoms with Gasteiger partial charge in [0.15, 0.2) is 0 Å². The summed E-state index contributed by atoms with van der Waals surface area (Å²) in [7, 11) is 0. The van der Waals surface area contributed by atoms with Gasteiger partial charge in [-0.3, -0.25) is 0 Å². The number of H-pyrrole nitrogens is 1. The molecule has 1 saturated carbocycles. The molecule has 0 saturated heterocycles. The molecular weight excluding hydrogens is 274 g/mol. The van der Waals surface area contributed by atoms with Gasteiger partial charge >= 0.3 is 0 Å². The van der Waals surface area contributed by atoms with Gasteiger partial charge < -0.3 is 5.11 Å². The molecule has 0 radical (unpaired) electrons. The van der Waals surface area contributed by atoms with Crippen LogP contribution in [0.4, 0.5) is 0 Å². The van der Waals surface area contributed by atoms with Gasteiger partial charge in [0.2, 0.25) is 0 Å². The van der Waals surface area contributed by atoms with Crippen molar-refractivity contribution in [2.75, 3.05) is 0 Å². The number of nitrogens with zero attached hydrogens (tertiary/aromatic N) is 2. The molecule has 106 valence electrons. The molecule has 1 heterocycles. The molecule has 1 aromatic heterocycles. The van der Waals surface area contributed by atoms with E-state index in [1.54, 1.807) is 6.20 Å². The van der Waals surface area contributed by atoms with Crippen LogP contribution in [0.1, 0.15) is 36.9 Å². The highest BCUT2D eigenvalue weighted by Gasteiger charge is 2.38. The molecule has 2 N–H and O–H groups in total. The summed E-state index contributed by atoms with van der Waals surface area (Å²) in [5.41, 5.74) is 1.64. The summed E-state index contributed by atoms with van der Waals surface area (Å²) in [6.07, 6.45) is 3.56. The number of benzene rings is 1. The number of nitrogens with one attached hydrogen (secondary N) is 1. The molecule has 3 rings (SSSR count). The number of hydrogen-bond donors (Lipinski definition) is 2. The maximum atomic E-state index is 10.8. The smallest absolute Gasteiger partial charge is 0.0925 e. The Kier molecular flexibility index (Phi) is 3.76. The van der Waals surface area contributed by atoms with Gasteiger partial charge in [-0.1, -0.05) is 36.7 Å². The van der Waals surface area contributed by atoms with E-state index in [0.29, 0.717) is 10.9 Å². The largest absolute Gasteiger partial charge is 0.392 e. The molecule has 0 aliphatic heterocycles. The van der Waals surface area contributed by atoms with Crippen LogP contribution in [0.5, 0.6) is 0 Å². The number of halogens is 1. The summed E-state index contributed by atoms with van der Waals surface area (Å²) in [4.78, 5) is 0. The zero-order chi connectivity index (χ0) is 14.1. The topological polar surface area (TPSA) is 61.8 Å². The minimum atomic E-state index is -0.507. The summed E-state index contributed by atoms with van der Waals surface area (Å²) >= 11 is 6.31. The van der Waals surface area contributed by atoms with E-state index in [0.717, 1.165) is 11.3 Å².